The molecule has 0 amide bonds. The third-order valence-electron chi connectivity index (χ3n) is 4.57. The molecule has 2 N–H and O–H groups in total. The van der Waals surface area contributed by atoms with Gasteiger partial charge in [-0.15, -0.1) is 0 Å². The van der Waals surface area contributed by atoms with Crippen LogP contribution in [0.25, 0.3) is 0 Å². The van der Waals surface area contributed by atoms with Gasteiger partial charge in [-0.05, 0) is 18.6 Å². The quantitative estimate of drug-likeness (QED) is 0.351. The Morgan fingerprint density at radius 2 is 1.79 bits per heavy atom. The van der Waals surface area contributed by atoms with Gasteiger partial charge in [0.1, 0.15) is 0 Å². The molecular weight excluding hydrogens is 374 g/mol. The molecule has 0 bridgehead atoms. The molecule has 1 fully saturated rings. The first-order valence-electron chi connectivity index (χ1n) is 10.00. The number of non-ortho nitro benzene ring substituents is 1. The molecule has 2 aromatic rings. The van der Waals surface area contributed by atoms with E-state index in [0.29, 0.717) is 36.7 Å². The highest BCUT2D eigenvalue weighted by Gasteiger charge is 2.17. The number of morpholine rings is 1. The number of ether oxygens (including phenoxy) is 1. The van der Waals surface area contributed by atoms with Gasteiger partial charge in [0, 0.05) is 37.5 Å². The summed E-state index contributed by atoms with van der Waals surface area (Å²) in [6.07, 6.45) is 4.62. The predicted molar refractivity (Wildman–Crippen MR) is 112 cm³/mol. The van der Waals surface area contributed by atoms with E-state index in [9.17, 15) is 10.1 Å². The molecule has 1 saturated heterocycles. The summed E-state index contributed by atoms with van der Waals surface area (Å²) in [6.45, 7) is 5.69. The third kappa shape index (κ3) is 6.24. The second kappa shape index (κ2) is 10.5. The number of nitro groups is 1. The van der Waals surface area contributed by atoms with E-state index in [2.05, 4.69) is 37.4 Å². The van der Waals surface area contributed by atoms with Crippen molar-refractivity contribution in [1.29, 1.82) is 0 Å². The van der Waals surface area contributed by atoms with E-state index in [1.807, 2.05) is 0 Å². The van der Waals surface area contributed by atoms with Gasteiger partial charge in [-0.25, -0.2) is 0 Å². The van der Waals surface area contributed by atoms with Gasteiger partial charge in [0.15, 0.2) is 0 Å². The highest BCUT2D eigenvalue weighted by atomic mass is 16.6. The Labute approximate surface area is 169 Å². The minimum atomic E-state index is -0.427. The van der Waals surface area contributed by atoms with Crippen LogP contribution in [0.2, 0.25) is 0 Å². The van der Waals surface area contributed by atoms with Crippen molar-refractivity contribution in [2.24, 2.45) is 0 Å². The normalized spacial score (nSPS) is 13.9. The maximum absolute atomic E-state index is 10.8. The van der Waals surface area contributed by atoms with Gasteiger partial charge in [0.05, 0.1) is 18.1 Å². The fraction of sp³-hybridized carbons (Fsp3) is 0.526. The smallest absolute Gasteiger partial charge is 0.269 e. The lowest BCUT2D eigenvalue weighted by atomic mass is 10.2. The van der Waals surface area contributed by atoms with Crippen molar-refractivity contribution in [3.63, 3.8) is 0 Å². The Bertz CT molecular complexity index is 795. The minimum Gasteiger partial charge on any atom is -0.378 e. The Balaban J connectivity index is 1.74. The molecule has 3 rings (SSSR count). The van der Waals surface area contributed by atoms with Gasteiger partial charge in [0.2, 0.25) is 17.8 Å². The van der Waals surface area contributed by atoms with Gasteiger partial charge in [-0.3, -0.25) is 10.1 Å². The number of rotatable bonds is 10. The fourth-order valence-corrected chi connectivity index (χ4v) is 2.95. The Morgan fingerprint density at radius 3 is 2.48 bits per heavy atom. The number of nitro benzene ring substituents is 1. The number of anilines is 4. The molecule has 0 atom stereocenters. The van der Waals surface area contributed by atoms with Crippen LogP contribution in [0.15, 0.2) is 24.3 Å². The zero-order chi connectivity index (χ0) is 20.5. The average Bonchev–Trinajstić information content (AvgIpc) is 2.74. The van der Waals surface area contributed by atoms with Crippen LogP contribution in [0.3, 0.4) is 0 Å². The van der Waals surface area contributed by atoms with E-state index in [4.69, 9.17) is 4.74 Å². The molecular formula is C19H27N7O3. The molecule has 29 heavy (non-hydrogen) atoms. The largest absolute Gasteiger partial charge is 0.378 e. The van der Waals surface area contributed by atoms with Crippen LogP contribution in [0, 0.1) is 10.1 Å². The van der Waals surface area contributed by atoms with E-state index in [0.717, 1.165) is 26.1 Å². The van der Waals surface area contributed by atoms with Crippen molar-refractivity contribution < 1.29 is 9.66 Å². The molecule has 10 nitrogen and oxygen atoms in total. The zero-order valence-electron chi connectivity index (χ0n) is 16.6. The molecule has 0 aliphatic carbocycles. The summed E-state index contributed by atoms with van der Waals surface area (Å²) >= 11 is 0. The van der Waals surface area contributed by atoms with Gasteiger partial charge in [-0.1, -0.05) is 26.2 Å². The molecule has 1 aliphatic heterocycles. The summed E-state index contributed by atoms with van der Waals surface area (Å²) in [5, 5.41) is 17.2. The molecule has 1 aromatic carbocycles. The van der Waals surface area contributed by atoms with Crippen molar-refractivity contribution in [2.45, 2.75) is 32.6 Å². The lowest BCUT2D eigenvalue weighted by molar-refractivity contribution is -0.384. The van der Waals surface area contributed by atoms with Crippen LogP contribution in [0.1, 0.15) is 32.6 Å². The number of unbranched alkanes of at least 4 members (excludes halogenated alkanes) is 3. The van der Waals surface area contributed by atoms with Crippen LogP contribution in [-0.2, 0) is 4.74 Å². The Kier molecular flexibility index (Phi) is 7.51. The fourth-order valence-electron chi connectivity index (χ4n) is 2.95. The number of hydrogen-bond donors (Lipinski definition) is 2. The molecule has 1 aromatic heterocycles. The van der Waals surface area contributed by atoms with E-state index in [-0.39, 0.29) is 5.69 Å². The van der Waals surface area contributed by atoms with Crippen LogP contribution in [0.5, 0.6) is 0 Å². The molecule has 0 radical (unpaired) electrons. The van der Waals surface area contributed by atoms with Gasteiger partial charge < -0.3 is 20.3 Å². The summed E-state index contributed by atoms with van der Waals surface area (Å²) in [6, 6.07) is 6.15. The van der Waals surface area contributed by atoms with Crippen molar-refractivity contribution in [3.8, 4) is 0 Å². The monoisotopic (exact) mass is 401 g/mol. The summed E-state index contributed by atoms with van der Waals surface area (Å²) in [4.78, 5) is 26.0. The molecule has 0 saturated carbocycles. The number of benzene rings is 1. The maximum atomic E-state index is 10.8. The van der Waals surface area contributed by atoms with Crippen LogP contribution in [-0.4, -0.2) is 52.7 Å². The summed E-state index contributed by atoms with van der Waals surface area (Å²) in [5.41, 5.74) is 0.707. The number of aromatic nitrogens is 3. The van der Waals surface area contributed by atoms with E-state index < -0.39 is 4.92 Å². The number of nitrogens with zero attached hydrogens (tertiary/aromatic N) is 5. The van der Waals surface area contributed by atoms with E-state index in [1.54, 1.807) is 12.1 Å². The van der Waals surface area contributed by atoms with E-state index in [1.165, 1.54) is 31.4 Å². The molecule has 156 valence electrons. The van der Waals surface area contributed by atoms with Crippen LogP contribution in [0.4, 0.5) is 29.2 Å². The SMILES string of the molecule is CCCCCCNc1nc(Nc2ccc([N+](=O)[O-])cc2)nc(N2CCOCC2)n1. The van der Waals surface area contributed by atoms with Gasteiger partial charge in [-0.2, -0.15) is 15.0 Å². The van der Waals surface area contributed by atoms with Crippen molar-refractivity contribution in [1.82, 2.24) is 15.0 Å². The Morgan fingerprint density at radius 1 is 1.07 bits per heavy atom. The van der Waals surface area contributed by atoms with Crippen molar-refractivity contribution in [2.75, 3.05) is 48.4 Å². The first-order chi connectivity index (χ1) is 14.2. The van der Waals surface area contributed by atoms with Crippen molar-refractivity contribution >= 4 is 29.2 Å². The third-order valence-corrected chi connectivity index (χ3v) is 4.57. The maximum Gasteiger partial charge on any atom is 0.269 e. The van der Waals surface area contributed by atoms with Gasteiger partial charge in [0.25, 0.3) is 5.69 Å². The molecule has 10 heteroatoms. The predicted octanol–water partition coefficient (Wildman–Crippen LogP) is 3.35. The number of hydrogen-bond acceptors (Lipinski definition) is 9. The summed E-state index contributed by atoms with van der Waals surface area (Å²) < 4.78 is 5.41. The zero-order valence-corrected chi connectivity index (χ0v) is 16.6. The van der Waals surface area contributed by atoms with Gasteiger partial charge >= 0.3 is 0 Å². The molecule has 1 aliphatic rings. The topological polar surface area (TPSA) is 118 Å². The first kappa shape index (κ1) is 20.7. The average molecular weight is 401 g/mol. The van der Waals surface area contributed by atoms with Crippen LogP contribution >= 0.6 is 0 Å². The first-order valence-corrected chi connectivity index (χ1v) is 10.00. The van der Waals surface area contributed by atoms with E-state index >= 15 is 0 Å². The van der Waals surface area contributed by atoms with Crippen molar-refractivity contribution in [3.05, 3.63) is 34.4 Å². The molecule has 0 spiro atoms. The molecule has 0 unspecified atom stereocenters. The Hall–Kier alpha value is -3.01. The second-order valence-electron chi connectivity index (χ2n) is 6.80. The second-order valence-corrected chi connectivity index (χ2v) is 6.80. The highest BCUT2D eigenvalue weighted by molar-refractivity contribution is 5.57. The lowest BCUT2D eigenvalue weighted by Crippen LogP contribution is -2.37. The summed E-state index contributed by atoms with van der Waals surface area (Å²) in [7, 11) is 0. The lowest BCUT2D eigenvalue weighted by Gasteiger charge is -2.27. The minimum absolute atomic E-state index is 0.0367. The number of nitrogens with one attached hydrogen (secondary N) is 2. The summed E-state index contributed by atoms with van der Waals surface area (Å²) in [5.74, 6) is 1.50. The standard InChI is InChI=1S/C19H27N7O3/c1-2-3-4-5-10-20-17-22-18(21-15-6-8-16(9-7-15)26(27)28)24-19(23-17)25-11-13-29-14-12-25/h6-9H,2-5,10-14H2,1H3,(H2,20,21,22,23,24). The molecule has 2 heterocycles. The van der Waals surface area contributed by atoms with Crippen LogP contribution < -0.4 is 15.5 Å². The highest BCUT2D eigenvalue weighted by Crippen LogP contribution is 2.21.